The third kappa shape index (κ3) is 2.75. The number of anilines is 1. The molecule has 7 heteroatoms. The number of hydrogen-bond donors (Lipinski definition) is 1. The number of aromatic nitrogens is 3. The van der Waals surface area contributed by atoms with Crippen LogP contribution < -0.4 is 4.90 Å². The first kappa shape index (κ1) is 16.6. The highest BCUT2D eigenvalue weighted by atomic mass is 35.5. The predicted octanol–water partition coefficient (Wildman–Crippen LogP) is 2.99. The van der Waals surface area contributed by atoms with Gasteiger partial charge in [0.05, 0.1) is 5.41 Å². The Balaban J connectivity index is 1.36. The zero-order valence-electron chi connectivity index (χ0n) is 14.9. The second-order valence-corrected chi connectivity index (χ2v) is 7.74. The molecule has 0 radical (unpaired) electrons. The SMILES string of the molecule is O=C(N1CCN(c2ncccn2)CC1)C1(c2c[nH]c3ccc(Cl)cc23)CC1. The minimum atomic E-state index is -0.394. The van der Waals surface area contributed by atoms with E-state index in [1.165, 1.54) is 0 Å². The van der Waals surface area contributed by atoms with E-state index in [2.05, 4.69) is 19.9 Å². The summed E-state index contributed by atoms with van der Waals surface area (Å²) in [6.45, 7) is 2.90. The monoisotopic (exact) mass is 381 g/mol. The molecule has 0 atom stereocenters. The van der Waals surface area contributed by atoms with Crippen LogP contribution in [0.15, 0.2) is 42.9 Å². The van der Waals surface area contributed by atoms with Crippen LogP contribution in [0.4, 0.5) is 5.95 Å². The van der Waals surface area contributed by atoms with Crippen molar-refractivity contribution >= 4 is 34.4 Å². The number of halogens is 1. The summed E-state index contributed by atoms with van der Waals surface area (Å²) in [5.74, 6) is 0.967. The van der Waals surface area contributed by atoms with Crippen LogP contribution in [0.5, 0.6) is 0 Å². The lowest BCUT2D eigenvalue weighted by Crippen LogP contribution is -2.52. The Morgan fingerprint density at radius 3 is 2.56 bits per heavy atom. The van der Waals surface area contributed by atoms with Crippen molar-refractivity contribution in [1.82, 2.24) is 19.9 Å². The number of benzene rings is 1. The molecule has 6 nitrogen and oxygen atoms in total. The number of piperazine rings is 1. The first-order valence-corrected chi connectivity index (χ1v) is 9.64. The smallest absolute Gasteiger partial charge is 0.233 e. The van der Waals surface area contributed by atoms with Crippen molar-refractivity contribution < 1.29 is 4.79 Å². The molecule has 27 heavy (non-hydrogen) atoms. The van der Waals surface area contributed by atoms with Crippen LogP contribution in [0.1, 0.15) is 18.4 Å². The Morgan fingerprint density at radius 2 is 1.85 bits per heavy atom. The van der Waals surface area contributed by atoms with Crippen molar-refractivity contribution in [3.8, 4) is 0 Å². The largest absolute Gasteiger partial charge is 0.361 e. The van der Waals surface area contributed by atoms with E-state index >= 15 is 0 Å². The quantitative estimate of drug-likeness (QED) is 0.757. The number of carbonyl (C=O) groups excluding carboxylic acids is 1. The number of nitrogens with one attached hydrogen (secondary N) is 1. The topological polar surface area (TPSA) is 65.1 Å². The number of aromatic amines is 1. The molecule has 2 aliphatic rings. The number of rotatable bonds is 3. The standard InChI is InChI=1S/C20H20ClN5O/c21-14-2-3-17-15(12-14)16(13-24-17)20(4-5-20)18(27)25-8-10-26(11-9-25)19-22-6-1-7-23-19/h1-3,6-7,12-13,24H,4-5,8-11H2. The number of H-pyrrole nitrogens is 1. The van der Waals surface area contributed by atoms with Crippen molar-refractivity contribution in [2.24, 2.45) is 0 Å². The van der Waals surface area contributed by atoms with Crippen molar-refractivity contribution in [3.05, 3.63) is 53.4 Å². The highest BCUT2D eigenvalue weighted by molar-refractivity contribution is 6.31. The Labute approximate surface area is 162 Å². The molecule has 1 aliphatic heterocycles. The molecule has 1 amide bonds. The van der Waals surface area contributed by atoms with Crippen molar-refractivity contribution in [2.75, 3.05) is 31.1 Å². The van der Waals surface area contributed by atoms with E-state index in [-0.39, 0.29) is 5.91 Å². The highest BCUT2D eigenvalue weighted by Crippen LogP contribution is 2.52. The maximum atomic E-state index is 13.4. The minimum absolute atomic E-state index is 0.233. The van der Waals surface area contributed by atoms with Gasteiger partial charge < -0.3 is 14.8 Å². The summed E-state index contributed by atoms with van der Waals surface area (Å²) in [7, 11) is 0. The molecule has 1 aliphatic carbocycles. The molecule has 5 rings (SSSR count). The molecule has 2 fully saturated rings. The lowest BCUT2D eigenvalue weighted by atomic mass is 9.93. The number of carbonyl (C=O) groups is 1. The van der Waals surface area contributed by atoms with Gasteiger partial charge in [-0.05, 0) is 42.7 Å². The van der Waals surface area contributed by atoms with Gasteiger partial charge in [-0.1, -0.05) is 11.6 Å². The van der Waals surface area contributed by atoms with Crippen LogP contribution in [0.25, 0.3) is 10.9 Å². The summed E-state index contributed by atoms with van der Waals surface area (Å²) < 4.78 is 0. The lowest BCUT2D eigenvalue weighted by Gasteiger charge is -2.36. The molecule has 1 saturated heterocycles. The Hall–Kier alpha value is -2.60. The van der Waals surface area contributed by atoms with E-state index < -0.39 is 5.41 Å². The fourth-order valence-corrected chi connectivity index (χ4v) is 4.25. The van der Waals surface area contributed by atoms with Gasteiger partial charge >= 0.3 is 0 Å². The molecule has 3 heterocycles. The molecule has 0 unspecified atom stereocenters. The van der Waals surface area contributed by atoms with Crippen molar-refractivity contribution in [2.45, 2.75) is 18.3 Å². The Kier molecular flexibility index (Phi) is 3.82. The lowest BCUT2D eigenvalue weighted by molar-refractivity contribution is -0.134. The minimum Gasteiger partial charge on any atom is -0.361 e. The van der Waals surface area contributed by atoms with Crippen molar-refractivity contribution in [3.63, 3.8) is 0 Å². The molecule has 0 spiro atoms. The summed E-state index contributed by atoms with van der Waals surface area (Å²) in [4.78, 5) is 29.4. The molecule has 1 saturated carbocycles. The predicted molar refractivity (Wildman–Crippen MR) is 105 cm³/mol. The number of hydrogen-bond acceptors (Lipinski definition) is 4. The molecule has 1 aromatic carbocycles. The Bertz CT molecular complexity index is 990. The second-order valence-electron chi connectivity index (χ2n) is 7.30. The van der Waals surface area contributed by atoms with E-state index in [4.69, 9.17) is 11.6 Å². The molecular formula is C20H20ClN5O. The normalized spacial score (nSPS) is 18.7. The maximum absolute atomic E-state index is 13.4. The molecule has 138 valence electrons. The fourth-order valence-electron chi connectivity index (χ4n) is 4.08. The van der Waals surface area contributed by atoms with Crippen LogP contribution in [0, 0.1) is 0 Å². The summed E-state index contributed by atoms with van der Waals surface area (Å²) >= 11 is 6.19. The Morgan fingerprint density at radius 1 is 1.11 bits per heavy atom. The number of fused-ring (bicyclic) bond motifs is 1. The average Bonchev–Trinajstić information content (AvgIpc) is 3.41. The van der Waals surface area contributed by atoms with Gasteiger partial charge in [0.25, 0.3) is 0 Å². The zero-order chi connectivity index (χ0) is 18.4. The van der Waals surface area contributed by atoms with E-state index in [0.717, 1.165) is 48.3 Å². The van der Waals surface area contributed by atoms with Gasteiger partial charge in [-0.25, -0.2) is 9.97 Å². The summed E-state index contributed by atoms with van der Waals surface area (Å²) in [5, 5.41) is 1.76. The third-order valence-electron chi connectivity index (χ3n) is 5.72. The highest BCUT2D eigenvalue weighted by Gasteiger charge is 2.54. The summed E-state index contributed by atoms with van der Waals surface area (Å²) in [6, 6.07) is 7.62. The van der Waals surface area contributed by atoms with Gasteiger partial charge in [0.15, 0.2) is 0 Å². The van der Waals surface area contributed by atoms with Gasteiger partial charge in [0, 0.05) is 60.7 Å². The first-order chi connectivity index (χ1) is 13.2. The third-order valence-corrected chi connectivity index (χ3v) is 5.96. The average molecular weight is 382 g/mol. The molecular weight excluding hydrogens is 362 g/mol. The second kappa shape index (κ2) is 6.23. The van der Waals surface area contributed by atoms with E-state index in [1.54, 1.807) is 12.4 Å². The van der Waals surface area contributed by atoms with Gasteiger partial charge in [-0.2, -0.15) is 0 Å². The zero-order valence-corrected chi connectivity index (χ0v) is 15.6. The van der Waals surface area contributed by atoms with Gasteiger partial charge in [0.1, 0.15) is 0 Å². The van der Waals surface area contributed by atoms with Crippen LogP contribution in [-0.4, -0.2) is 51.9 Å². The van der Waals surface area contributed by atoms with E-state index in [0.29, 0.717) is 18.1 Å². The van der Waals surface area contributed by atoms with Crippen LogP contribution >= 0.6 is 11.6 Å². The van der Waals surface area contributed by atoms with Crippen LogP contribution in [0.3, 0.4) is 0 Å². The first-order valence-electron chi connectivity index (χ1n) is 9.26. The van der Waals surface area contributed by atoms with Crippen LogP contribution in [-0.2, 0) is 10.2 Å². The number of amides is 1. The summed E-state index contributed by atoms with van der Waals surface area (Å²) in [6.07, 6.45) is 7.28. The van der Waals surface area contributed by atoms with Gasteiger partial charge in [0.2, 0.25) is 11.9 Å². The summed E-state index contributed by atoms with van der Waals surface area (Å²) in [5.41, 5.74) is 1.72. The van der Waals surface area contributed by atoms with E-state index in [9.17, 15) is 4.79 Å². The van der Waals surface area contributed by atoms with Gasteiger partial charge in [-0.3, -0.25) is 4.79 Å². The van der Waals surface area contributed by atoms with Crippen LogP contribution in [0.2, 0.25) is 5.02 Å². The molecule has 0 bridgehead atoms. The van der Waals surface area contributed by atoms with Gasteiger partial charge in [-0.15, -0.1) is 0 Å². The molecule has 2 aromatic heterocycles. The molecule has 3 aromatic rings. The fraction of sp³-hybridized carbons (Fsp3) is 0.350. The van der Waals surface area contributed by atoms with Crippen molar-refractivity contribution in [1.29, 1.82) is 0 Å². The molecule has 1 N–H and O–H groups in total. The maximum Gasteiger partial charge on any atom is 0.233 e. The van der Waals surface area contributed by atoms with E-state index in [1.807, 2.05) is 35.4 Å². The number of nitrogens with zero attached hydrogens (tertiary/aromatic N) is 4.